The lowest BCUT2D eigenvalue weighted by Gasteiger charge is -2.43. The van der Waals surface area contributed by atoms with Crippen molar-refractivity contribution < 1.29 is 23.9 Å². The Morgan fingerprint density at radius 3 is 2.13 bits per heavy atom. The number of carbonyl (C=O) groups is 3. The van der Waals surface area contributed by atoms with Crippen molar-refractivity contribution in [2.75, 3.05) is 25.1 Å². The van der Waals surface area contributed by atoms with Crippen molar-refractivity contribution in [3.05, 3.63) is 76.6 Å². The van der Waals surface area contributed by atoms with Gasteiger partial charge in [-0.05, 0) is 69.4 Å². The van der Waals surface area contributed by atoms with Gasteiger partial charge in [-0.3, -0.25) is 14.4 Å². The van der Waals surface area contributed by atoms with E-state index in [9.17, 15) is 14.4 Å². The van der Waals surface area contributed by atoms with Gasteiger partial charge in [0.05, 0.1) is 6.61 Å². The summed E-state index contributed by atoms with van der Waals surface area (Å²) in [5.41, 5.74) is 5.19. The van der Waals surface area contributed by atoms with E-state index in [0.29, 0.717) is 36.6 Å². The number of para-hydroxylation sites is 1. The van der Waals surface area contributed by atoms with E-state index in [1.54, 1.807) is 6.07 Å². The molecule has 0 atom stereocenters. The van der Waals surface area contributed by atoms with Gasteiger partial charge in [0.1, 0.15) is 0 Å². The zero-order valence-corrected chi connectivity index (χ0v) is 22.0. The quantitative estimate of drug-likeness (QED) is 0.498. The lowest BCUT2D eigenvalue weighted by molar-refractivity contribution is -0.118. The van der Waals surface area contributed by atoms with E-state index < -0.39 is 5.92 Å². The van der Waals surface area contributed by atoms with Crippen LogP contribution in [0, 0.1) is 0 Å². The van der Waals surface area contributed by atoms with Crippen LogP contribution in [-0.2, 0) is 14.4 Å². The highest BCUT2D eigenvalue weighted by atomic mass is 16.5. The van der Waals surface area contributed by atoms with Crippen LogP contribution in [0.4, 0.5) is 5.69 Å². The van der Waals surface area contributed by atoms with Gasteiger partial charge in [0.15, 0.2) is 29.7 Å². The summed E-state index contributed by atoms with van der Waals surface area (Å²) in [6, 6.07) is 14.8. The fourth-order valence-corrected chi connectivity index (χ4v) is 5.89. The van der Waals surface area contributed by atoms with Gasteiger partial charge in [-0.2, -0.15) is 0 Å². The number of ether oxygens (including phenoxy) is 2. The SMILES string of the molecule is CCOc1cc(C2C3=C(CCCC3=O)N(CC)C3=C2C(=O)CCC3)ccc1OCC(=O)Nc1ccccc1. The molecule has 0 spiro atoms. The third-order valence-corrected chi connectivity index (χ3v) is 7.42. The fourth-order valence-electron chi connectivity index (χ4n) is 5.89. The summed E-state index contributed by atoms with van der Waals surface area (Å²) in [6.07, 6.45) is 4.34. The number of benzene rings is 2. The van der Waals surface area contributed by atoms with Crippen molar-refractivity contribution in [3.63, 3.8) is 0 Å². The fraction of sp³-hybridized carbons (Fsp3) is 0.387. The molecule has 7 heteroatoms. The lowest BCUT2D eigenvalue weighted by Crippen LogP contribution is -2.39. The van der Waals surface area contributed by atoms with Gasteiger partial charge >= 0.3 is 0 Å². The van der Waals surface area contributed by atoms with Crippen LogP contribution in [0.2, 0.25) is 0 Å². The molecule has 198 valence electrons. The van der Waals surface area contributed by atoms with E-state index in [1.807, 2.05) is 49.4 Å². The van der Waals surface area contributed by atoms with E-state index in [-0.39, 0.29) is 24.1 Å². The summed E-state index contributed by atoms with van der Waals surface area (Å²) in [5.74, 6) is 0.494. The molecule has 0 aromatic heterocycles. The monoisotopic (exact) mass is 514 g/mol. The smallest absolute Gasteiger partial charge is 0.262 e. The Morgan fingerprint density at radius 2 is 1.53 bits per heavy atom. The number of allylic oxidation sites excluding steroid dienone is 4. The van der Waals surface area contributed by atoms with E-state index in [0.717, 1.165) is 60.3 Å². The number of rotatable bonds is 8. The minimum Gasteiger partial charge on any atom is -0.490 e. The molecular formula is C31H34N2O5. The van der Waals surface area contributed by atoms with Crippen LogP contribution in [0.3, 0.4) is 0 Å². The molecule has 1 aliphatic heterocycles. The number of anilines is 1. The van der Waals surface area contributed by atoms with E-state index in [1.165, 1.54) is 0 Å². The normalized spacial score (nSPS) is 17.8. The standard InChI is InChI=1S/C31H34N2O5/c1-3-33-22-12-8-14-24(34)30(22)29(31-23(33)13-9-15-25(31)35)20-16-17-26(27(18-20)37-4-2)38-19-28(36)32-21-10-6-5-7-11-21/h5-7,10-11,16-18,29H,3-4,8-9,12-15,19H2,1-2H3,(H,32,36). The summed E-state index contributed by atoms with van der Waals surface area (Å²) in [4.78, 5) is 41.4. The average Bonchev–Trinajstić information content (AvgIpc) is 2.92. The highest BCUT2D eigenvalue weighted by Gasteiger charge is 2.43. The zero-order chi connectivity index (χ0) is 26.6. The Morgan fingerprint density at radius 1 is 0.868 bits per heavy atom. The molecule has 2 aromatic rings. The Bertz CT molecular complexity index is 1270. The van der Waals surface area contributed by atoms with E-state index in [4.69, 9.17) is 9.47 Å². The highest BCUT2D eigenvalue weighted by molar-refractivity contribution is 6.06. The Kier molecular flexibility index (Phi) is 7.63. The summed E-state index contributed by atoms with van der Waals surface area (Å²) < 4.78 is 11.8. The highest BCUT2D eigenvalue weighted by Crippen LogP contribution is 2.49. The number of carbonyl (C=O) groups excluding carboxylic acids is 3. The Hall–Kier alpha value is -3.87. The van der Waals surface area contributed by atoms with E-state index >= 15 is 0 Å². The minimum absolute atomic E-state index is 0.121. The topological polar surface area (TPSA) is 84.9 Å². The molecule has 2 aromatic carbocycles. The number of hydrogen-bond acceptors (Lipinski definition) is 6. The van der Waals surface area contributed by atoms with Gasteiger partial charge in [-0.15, -0.1) is 0 Å². The molecule has 7 nitrogen and oxygen atoms in total. The van der Waals surface area contributed by atoms with Gasteiger partial charge in [0, 0.05) is 53.5 Å². The maximum Gasteiger partial charge on any atom is 0.262 e. The third kappa shape index (κ3) is 4.97. The van der Waals surface area contributed by atoms with Gasteiger partial charge in [0.25, 0.3) is 5.91 Å². The van der Waals surface area contributed by atoms with Crippen LogP contribution < -0.4 is 14.8 Å². The van der Waals surface area contributed by atoms with Gasteiger partial charge < -0.3 is 19.7 Å². The molecule has 0 radical (unpaired) electrons. The van der Waals surface area contributed by atoms with Gasteiger partial charge in [-0.25, -0.2) is 0 Å². The second kappa shape index (κ2) is 11.3. The average molecular weight is 515 g/mol. The molecule has 3 aliphatic rings. The number of nitrogens with zero attached hydrogens (tertiary/aromatic N) is 1. The zero-order valence-electron chi connectivity index (χ0n) is 22.0. The Labute approximate surface area is 223 Å². The van der Waals surface area contributed by atoms with Crippen LogP contribution in [-0.4, -0.2) is 42.1 Å². The molecular weight excluding hydrogens is 480 g/mol. The molecule has 2 aliphatic carbocycles. The first-order valence-corrected chi connectivity index (χ1v) is 13.6. The van der Waals surface area contributed by atoms with E-state index in [2.05, 4.69) is 17.1 Å². The second-order valence-corrected chi connectivity index (χ2v) is 9.79. The minimum atomic E-state index is -0.405. The van der Waals surface area contributed by atoms with Crippen LogP contribution in [0.5, 0.6) is 11.5 Å². The lowest BCUT2D eigenvalue weighted by atomic mass is 9.71. The summed E-state index contributed by atoms with van der Waals surface area (Å²) in [6.45, 7) is 4.94. The van der Waals surface area contributed by atoms with Crippen molar-refractivity contribution in [1.82, 2.24) is 4.90 Å². The van der Waals surface area contributed by atoms with Crippen molar-refractivity contribution in [2.24, 2.45) is 0 Å². The first-order valence-electron chi connectivity index (χ1n) is 13.6. The molecule has 38 heavy (non-hydrogen) atoms. The molecule has 0 unspecified atom stereocenters. The third-order valence-electron chi connectivity index (χ3n) is 7.42. The molecule has 0 saturated heterocycles. The summed E-state index contributed by atoms with van der Waals surface area (Å²) >= 11 is 0. The predicted molar refractivity (Wildman–Crippen MR) is 145 cm³/mol. The van der Waals surface area contributed by atoms with Crippen molar-refractivity contribution in [3.8, 4) is 11.5 Å². The van der Waals surface area contributed by atoms with Gasteiger partial charge in [-0.1, -0.05) is 24.3 Å². The largest absolute Gasteiger partial charge is 0.490 e. The first-order chi connectivity index (χ1) is 18.5. The number of amides is 1. The summed E-state index contributed by atoms with van der Waals surface area (Å²) in [7, 11) is 0. The number of hydrogen-bond donors (Lipinski definition) is 1. The maximum atomic E-state index is 13.3. The molecule has 0 fully saturated rings. The second-order valence-electron chi connectivity index (χ2n) is 9.79. The van der Waals surface area contributed by atoms with Gasteiger partial charge in [0.2, 0.25) is 0 Å². The van der Waals surface area contributed by atoms with Crippen LogP contribution >= 0.6 is 0 Å². The predicted octanol–water partition coefficient (Wildman–Crippen LogP) is 5.54. The molecule has 0 bridgehead atoms. The first kappa shape index (κ1) is 25.8. The van der Waals surface area contributed by atoms with Crippen molar-refractivity contribution >= 4 is 23.2 Å². The van der Waals surface area contributed by atoms with Crippen LogP contribution in [0.15, 0.2) is 71.1 Å². The molecule has 1 amide bonds. The molecule has 1 heterocycles. The maximum absolute atomic E-state index is 13.3. The van der Waals surface area contributed by atoms with Crippen molar-refractivity contribution in [1.29, 1.82) is 0 Å². The van der Waals surface area contributed by atoms with Crippen LogP contribution in [0.25, 0.3) is 0 Å². The molecule has 1 N–H and O–H groups in total. The molecule has 5 rings (SSSR count). The van der Waals surface area contributed by atoms with Crippen molar-refractivity contribution in [2.45, 2.75) is 58.3 Å². The number of ketones is 2. The molecule has 0 saturated carbocycles. The number of nitrogens with one attached hydrogen (secondary N) is 1. The summed E-state index contributed by atoms with van der Waals surface area (Å²) in [5, 5.41) is 2.81. The Balaban J connectivity index is 1.48. The number of Topliss-reactive ketones (excluding diaryl/α,β-unsaturated/α-hetero) is 2. The van der Waals surface area contributed by atoms with Crippen LogP contribution in [0.1, 0.15) is 63.9 Å².